The maximum Gasteiger partial charge on any atom is 0.333 e. The molecule has 0 atom stereocenters. The molecule has 0 aliphatic rings. The minimum absolute atomic E-state index is 0.0914. The number of nitrogens with one attached hydrogen (secondary N) is 1. The second kappa shape index (κ2) is 4.29. The van der Waals surface area contributed by atoms with Gasteiger partial charge in [0.2, 0.25) is 5.82 Å². The highest BCUT2D eigenvalue weighted by Gasteiger charge is 2.25. The molecule has 1 aromatic heterocycles. The number of aromatic nitrogens is 2. The maximum atomic E-state index is 10.9. The minimum Gasteiger partial charge on any atom is -0.362 e. The van der Waals surface area contributed by atoms with Gasteiger partial charge in [0, 0.05) is 13.1 Å². The summed E-state index contributed by atoms with van der Waals surface area (Å²) in [5.74, 6) is 0.479. The van der Waals surface area contributed by atoms with Gasteiger partial charge in [0.25, 0.3) is 0 Å². The molecule has 84 valence electrons. The zero-order valence-corrected chi connectivity index (χ0v) is 9.44. The summed E-state index contributed by atoms with van der Waals surface area (Å²) in [5, 5.41) is 18.1. The van der Waals surface area contributed by atoms with Gasteiger partial charge in [0.05, 0.1) is 4.92 Å². The molecule has 1 heterocycles. The van der Waals surface area contributed by atoms with E-state index in [2.05, 4.69) is 10.4 Å². The number of rotatable bonds is 4. The van der Waals surface area contributed by atoms with Crippen LogP contribution in [-0.4, -0.2) is 20.7 Å². The number of anilines is 1. The molecule has 0 unspecified atom stereocenters. The van der Waals surface area contributed by atoms with Crippen molar-refractivity contribution >= 4 is 11.5 Å². The van der Waals surface area contributed by atoms with Crippen LogP contribution in [0.1, 0.15) is 26.5 Å². The Balaban J connectivity index is 3.22. The Morgan fingerprint density at radius 1 is 1.60 bits per heavy atom. The Hall–Kier alpha value is -1.59. The van der Waals surface area contributed by atoms with Gasteiger partial charge < -0.3 is 5.32 Å². The highest BCUT2D eigenvalue weighted by molar-refractivity contribution is 5.60. The quantitative estimate of drug-likeness (QED) is 0.609. The van der Waals surface area contributed by atoms with Crippen LogP contribution in [0.3, 0.4) is 0 Å². The molecule has 1 aromatic rings. The van der Waals surface area contributed by atoms with Crippen LogP contribution in [0.5, 0.6) is 0 Å². The molecule has 0 spiro atoms. The highest BCUT2D eigenvalue weighted by Crippen LogP contribution is 2.28. The predicted molar refractivity (Wildman–Crippen MR) is 58.0 cm³/mol. The SMILES string of the molecule is CCc1nn(C)c(NC(C)C)c1[N+](=O)[O-]. The van der Waals surface area contributed by atoms with Crippen molar-refractivity contribution in [3.8, 4) is 0 Å². The third-order valence-electron chi connectivity index (χ3n) is 2.03. The molecule has 0 aliphatic heterocycles. The first-order valence-corrected chi connectivity index (χ1v) is 4.94. The van der Waals surface area contributed by atoms with Crippen molar-refractivity contribution < 1.29 is 4.92 Å². The topological polar surface area (TPSA) is 73.0 Å². The van der Waals surface area contributed by atoms with Gasteiger partial charge in [-0.05, 0) is 20.3 Å². The predicted octanol–water partition coefficient (Wildman–Crippen LogP) is 1.71. The van der Waals surface area contributed by atoms with Crippen molar-refractivity contribution in [2.24, 2.45) is 7.05 Å². The van der Waals surface area contributed by atoms with Gasteiger partial charge in [0.1, 0.15) is 5.69 Å². The van der Waals surface area contributed by atoms with Crippen molar-refractivity contribution in [1.82, 2.24) is 9.78 Å². The molecule has 0 bridgehead atoms. The number of hydrogen-bond donors (Lipinski definition) is 1. The zero-order valence-electron chi connectivity index (χ0n) is 9.44. The number of nitro groups is 1. The fourth-order valence-electron chi connectivity index (χ4n) is 1.43. The fraction of sp³-hybridized carbons (Fsp3) is 0.667. The van der Waals surface area contributed by atoms with Crippen LogP contribution in [0.25, 0.3) is 0 Å². The van der Waals surface area contributed by atoms with Gasteiger partial charge in [-0.25, -0.2) is 4.68 Å². The lowest BCUT2D eigenvalue weighted by Gasteiger charge is -2.08. The van der Waals surface area contributed by atoms with E-state index in [0.29, 0.717) is 17.9 Å². The number of hydrogen-bond acceptors (Lipinski definition) is 4. The van der Waals surface area contributed by atoms with Gasteiger partial charge in [-0.1, -0.05) is 6.92 Å². The Morgan fingerprint density at radius 2 is 2.20 bits per heavy atom. The second-order valence-corrected chi connectivity index (χ2v) is 3.68. The molecular weight excluding hydrogens is 196 g/mol. The first-order valence-electron chi connectivity index (χ1n) is 4.94. The zero-order chi connectivity index (χ0) is 11.6. The lowest BCUT2D eigenvalue weighted by atomic mass is 10.3. The lowest BCUT2D eigenvalue weighted by Crippen LogP contribution is -2.14. The van der Waals surface area contributed by atoms with Crippen LogP contribution in [0, 0.1) is 10.1 Å². The normalized spacial score (nSPS) is 10.7. The monoisotopic (exact) mass is 212 g/mol. The molecule has 0 fully saturated rings. The van der Waals surface area contributed by atoms with Crippen molar-refractivity contribution in [3.63, 3.8) is 0 Å². The van der Waals surface area contributed by atoms with Gasteiger partial charge in [-0.3, -0.25) is 10.1 Å². The summed E-state index contributed by atoms with van der Waals surface area (Å²) in [5.41, 5.74) is 0.611. The Bertz CT molecular complexity index is 370. The summed E-state index contributed by atoms with van der Waals surface area (Å²) in [6.07, 6.45) is 0.559. The molecule has 0 radical (unpaired) electrons. The Kier molecular flexibility index (Phi) is 3.28. The van der Waals surface area contributed by atoms with Crippen LogP contribution < -0.4 is 5.32 Å². The molecule has 15 heavy (non-hydrogen) atoms. The van der Waals surface area contributed by atoms with E-state index in [1.807, 2.05) is 20.8 Å². The van der Waals surface area contributed by atoms with E-state index < -0.39 is 0 Å². The van der Waals surface area contributed by atoms with Crippen LogP contribution in [0.15, 0.2) is 0 Å². The van der Waals surface area contributed by atoms with Crippen LogP contribution in [0.4, 0.5) is 11.5 Å². The number of nitrogens with zero attached hydrogens (tertiary/aromatic N) is 3. The number of aryl methyl sites for hydroxylation is 2. The first-order chi connectivity index (χ1) is 6.97. The molecule has 0 amide bonds. The maximum absolute atomic E-state index is 10.9. The minimum atomic E-state index is -0.378. The summed E-state index contributed by atoms with van der Waals surface area (Å²) < 4.78 is 1.52. The van der Waals surface area contributed by atoms with E-state index >= 15 is 0 Å². The van der Waals surface area contributed by atoms with E-state index in [9.17, 15) is 10.1 Å². The van der Waals surface area contributed by atoms with Gasteiger partial charge in [-0.15, -0.1) is 0 Å². The van der Waals surface area contributed by atoms with E-state index in [1.165, 1.54) is 4.68 Å². The molecule has 0 aliphatic carbocycles. The third kappa shape index (κ3) is 2.26. The van der Waals surface area contributed by atoms with E-state index in [-0.39, 0.29) is 16.7 Å². The average molecular weight is 212 g/mol. The van der Waals surface area contributed by atoms with Gasteiger partial charge in [0.15, 0.2) is 0 Å². The Morgan fingerprint density at radius 3 is 2.60 bits per heavy atom. The van der Waals surface area contributed by atoms with Crippen molar-refractivity contribution in [3.05, 3.63) is 15.8 Å². The Labute approximate surface area is 88.4 Å². The van der Waals surface area contributed by atoms with E-state index in [4.69, 9.17) is 0 Å². The van der Waals surface area contributed by atoms with Gasteiger partial charge in [-0.2, -0.15) is 5.10 Å². The molecule has 1 N–H and O–H groups in total. The van der Waals surface area contributed by atoms with Gasteiger partial charge >= 0.3 is 5.69 Å². The summed E-state index contributed by atoms with van der Waals surface area (Å²) in [6.45, 7) is 5.72. The second-order valence-electron chi connectivity index (χ2n) is 3.68. The van der Waals surface area contributed by atoms with Crippen molar-refractivity contribution in [2.75, 3.05) is 5.32 Å². The first kappa shape index (κ1) is 11.5. The van der Waals surface area contributed by atoms with Crippen molar-refractivity contribution in [2.45, 2.75) is 33.2 Å². The molecule has 6 nitrogen and oxygen atoms in total. The third-order valence-corrected chi connectivity index (χ3v) is 2.03. The molecule has 6 heteroatoms. The van der Waals surface area contributed by atoms with Crippen LogP contribution in [0.2, 0.25) is 0 Å². The van der Waals surface area contributed by atoms with Crippen LogP contribution in [-0.2, 0) is 13.5 Å². The summed E-state index contributed by atoms with van der Waals surface area (Å²) in [7, 11) is 1.71. The molecular formula is C9H16N4O2. The van der Waals surface area contributed by atoms with E-state index in [1.54, 1.807) is 7.05 Å². The fourth-order valence-corrected chi connectivity index (χ4v) is 1.43. The summed E-state index contributed by atoms with van der Waals surface area (Å²) >= 11 is 0. The molecule has 0 saturated heterocycles. The lowest BCUT2D eigenvalue weighted by molar-refractivity contribution is -0.384. The standard InChI is InChI=1S/C9H16N4O2/c1-5-7-8(13(14)15)9(10-6(2)3)12(4)11-7/h6,10H,5H2,1-4H3. The molecule has 0 aromatic carbocycles. The molecule has 0 saturated carbocycles. The van der Waals surface area contributed by atoms with E-state index in [0.717, 1.165) is 0 Å². The largest absolute Gasteiger partial charge is 0.362 e. The smallest absolute Gasteiger partial charge is 0.333 e. The summed E-state index contributed by atoms with van der Waals surface area (Å²) in [6, 6.07) is 0.142. The molecule has 1 rings (SSSR count). The van der Waals surface area contributed by atoms with Crippen LogP contribution >= 0.6 is 0 Å². The average Bonchev–Trinajstić information content (AvgIpc) is 2.42. The van der Waals surface area contributed by atoms with Crippen molar-refractivity contribution in [1.29, 1.82) is 0 Å². The highest BCUT2D eigenvalue weighted by atomic mass is 16.6. The summed E-state index contributed by atoms with van der Waals surface area (Å²) in [4.78, 5) is 10.5.